The van der Waals surface area contributed by atoms with Gasteiger partial charge in [-0.1, -0.05) is 49.6 Å². The van der Waals surface area contributed by atoms with E-state index in [9.17, 15) is 24.3 Å². The minimum absolute atomic E-state index is 0.120. The van der Waals surface area contributed by atoms with E-state index in [0.717, 1.165) is 40.9 Å². The standard InChI is InChI=1S/C25H28N4O6/c1-28-20-14-17(11-12-21(20)35-25(28)34)16-9-7-15(8-10-16)13-19(22(26)30)27-23(31)29(24(32)33)18-5-3-2-4-6-18/h7-12,14,18-19H,2-6,13H2,1H3,(H2,26,30)(H,27,31)(H,32,33). The van der Waals surface area contributed by atoms with Crippen LogP contribution in [-0.2, 0) is 18.3 Å². The molecule has 1 aliphatic carbocycles. The van der Waals surface area contributed by atoms with Gasteiger partial charge in [0.2, 0.25) is 5.91 Å². The van der Waals surface area contributed by atoms with Gasteiger partial charge in [0.05, 0.1) is 5.52 Å². The zero-order chi connectivity index (χ0) is 25.1. The topological polar surface area (TPSA) is 148 Å². The van der Waals surface area contributed by atoms with E-state index in [1.807, 2.05) is 36.4 Å². The molecular formula is C25H28N4O6. The molecule has 0 radical (unpaired) electrons. The molecule has 10 heteroatoms. The van der Waals surface area contributed by atoms with Gasteiger partial charge in [-0.25, -0.2) is 19.3 Å². The number of fused-ring (bicyclic) bond motifs is 1. The third-order valence-corrected chi connectivity index (χ3v) is 6.52. The summed E-state index contributed by atoms with van der Waals surface area (Å²) >= 11 is 0. The summed E-state index contributed by atoms with van der Waals surface area (Å²) < 4.78 is 6.60. The number of hydrogen-bond donors (Lipinski definition) is 3. The predicted octanol–water partition coefficient (Wildman–Crippen LogP) is 3.22. The van der Waals surface area contributed by atoms with Gasteiger partial charge >= 0.3 is 17.9 Å². The molecule has 2 aromatic carbocycles. The summed E-state index contributed by atoms with van der Waals surface area (Å²) in [6.07, 6.45) is 2.74. The second-order valence-corrected chi connectivity index (χ2v) is 8.86. The smallest absolute Gasteiger partial charge is 0.419 e. The number of nitrogens with zero attached hydrogens (tertiary/aromatic N) is 2. The minimum atomic E-state index is -1.34. The van der Waals surface area contributed by atoms with Crippen molar-refractivity contribution in [2.45, 2.75) is 50.6 Å². The van der Waals surface area contributed by atoms with Crippen molar-refractivity contribution in [3.8, 4) is 11.1 Å². The number of primary amides is 1. The highest BCUT2D eigenvalue weighted by Gasteiger charge is 2.32. The van der Waals surface area contributed by atoms with Crippen molar-refractivity contribution in [3.05, 3.63) is 58.6 Å². The van der Waals surface area contributed by atoms with Crippen LogP contribution in [0, 0.1) is 0 Å². The van der Waals surface area contributed by atoms with Gasteiger partial charge in [-0.3, -0.25) is 9.36 Å². The van der Waals surface area contributed by atoms with Crippen molar-refractivity contribution in [1.82, 2.24) is 14.8 Å². The average Bonchev–Trinajstić information content (AvgIpc) is 3.12. The predicted molar refractivity (Wildman–Crippen MR) is 129 cm³/mol. The SMILES string of the molecule is Cn1c(=O)oc2ccc(-c3ccc(CC(NC(=O)N(C(=O)O)C4CCCCC4)C(N)=O)cc3)cc21. The Labute approximate surface area is 201 Å². The van der Waals surface area contributed by atoms with E-state index in [-0.39, 0.29) is 6.42 Å². The van der Waals surface area contributed by atoms with Crippen LogP contribution in [0.25, 0.3) is 22.2 Å². The Morgan fingerprint density at radius 3 is 2.40 bits per heavy atom. The molecule has 184 valence electrons. The molecule has 1 atom stereocenters. The first-order chi connectivity index (χ1) is 16.7. The first kappa shape index (κ1) is 24.1. The lowest BCUT2D eigenvalue weighted by Gasteiger charge is -2.31. The molecule has 0 aliphatic heterocycles. The number of benzene rings is 2. The molecule has 35 heavy (non-hydrogen) atoms. The number of oxazole rings is 1. The molecule has 4 N–H and O–H groups in total. The van der Waals surface area contributed by atoms with Crippen LogP contribution in [0.4, 0.5) is 9.59 Å². The lowest BCUT2D eigenvalue weighted by atomic mass is 9.94. The Morgan fingerprint density at radius 1 is 1.11 bits per heavy atom. The molecule has 1 unspecified atom stereocenters. The summed E-state index contributed by atoms with van der Waals surface area (Å²) in [7, 11) is 1.64. The maximum absolute atomic E-state index is 12.8. The highest BCUT2D eigenvalue weighted by molar-refractivity contribution is 5.93. The molecule has 3 aromatic rings. The first-order valence-corrected chi connectivity index (χ1v) is 11.6. The molecule has 1 heterocycles. The zero-order valence-corrected chi connectivity index (χ0v) is 19.4. The van der Waals surface area contributed by atoms with Gasteiger partial charge < -0.3 is 20.6 Å². The van der Waals surface area contributed by atoms with Crippen LogP contribution in [0.2, 0.25) is 0 Å². The van der Waals surface area contributed by atoms with Gasteiger partial charge in [0.15, 0.2) is 5.58 Å². The third kappa shape index (κ3) is 5.21. The summed E-state index contributed by atoms with van der Waals surface area (Å²) in [4.78, 5) is 49.1. The first-order valence-electron chi connectivity index (χ1n) is 11.6. The zero-order valence-electron chi connectivity index (χ0n) is 19.4. The maximum atomic E-state index is 12.8. The van der Waals surface area contributed by atoms with Crippen LogP contribution >= 0.6 is 0 Å². The van der Waals surface area contributed by atoms with Crippen molar-refractivity contribution in [1.29, 1.82) is 0 Å². The van der Waals surface area contributed by atoms with Crippen LogP contribution in [0.15, 0.2) is 51.7 Å². The second-order valence-electron chi connectivity index (χ2n) is 8.86. The van der Waals surface area contributed by atoms with E-state index < -0.39 is 35.9 Å². The normalized spacial score (nSPS) is 15.0. The number of aryl methyl sites for hydroxylation is 1. The number of rotatable bonds is 6. The summed E-state index contributed by atoms with van der Waals surface area (Å²) in [5.41, 5.74) is 9.21. The van der Waals surface area contributed by atoms with Crippen molar-refractivity contribution in [2.75, 3.05) is 0 Å². The number of urea groups is 1. The molecule has 0 saturated heterocycles. The number of carboxylic acid groups (broad SMARTS) is 1. The van der Waals surface area contributed by atoms with Gasteiger partial charge in [0, 0.05) is 19.5 Å². The van der Waals surface area contributed by atoms with E-state index in [1.54, 1.807) is 13.1 Å². The monoisotopic (exact) mass is 480 g/mol. The van der Waals surface area contributed by atoms with E-state index in [4.69, 9.17) is 10.2 Å². The summed E-state index contributed by atoms with van der Waals surface area (Å²) in [5.74, 6) is -1.18. The van der Waals surface area contributed by atoms with E-state index in [1.165, 1.54) is 4.57 Å². The van der Waals surface area contributed by atoms with Crippen LogP contribution < -0.4 is 16.8 Å². The fourth-order valence-corrected chi connectivity index (χ4v) is 4.56. The summed E-state index contributed by atoms with van der Waals surface area (Å²) in [5, 5.41) is 12.1. The number of carbonyl (C=O) groups excluding carboxylic acids is 2. The lowest BCUT2D eigenvalue weighted by molar-refractivity contribution is -0.119. The Bertz CT molecular complexity index is 1300. The Hall–Kier alpha value is -4.08. The van der Waals surface area contributed by atoms with Crippen LogP contribution in [0.1, 0.15) is 37.7 Å². The quantitative estimate of drug-likeness (QED) is 0.493. The lowest BCUT2D eigenvalue weighted by Crippen LogP contribution is -2.55. The van der Waals surface area contributed by atoms with Gasteiger partial charge in [0.1, 0.15) is 6.04 Å². The maximum Gasteiger partial charge on any atom is 0.419 e. The van der Waals surface area contributed by atoms with Crippen molar-refractivity contribution < 1.29 is 23.9 Å². The van der Waals surface area contributed by atoms with Crippen molar-refractivity contribution in [2.24, 2.45) is 12.8 Å². The van der Waals surface area contributed by atoms with Gasteiger partial charge in [-0.15, -0.1) is 0 Å². The number of carbonyl (C=O) groups is 3. The molecule has 0 bridgehead atoms. The van der Waals surface area contributed by atoms with Crippen molar-refractivity contribution >= 4 is 29.1 Å². The molecule has 4 amide bonds. The number of nitrogens with two attached hydrogens (primary N) is 1. The van der Waals surface area contributed by atoms with Gasteiger partial charge in [-0.05, 0) is 41.7 Å². The molecule has 4 rings (SSSR count). The largest absolute Gasteiger partial charge is 0.465 e. The average molecular weight is 481 g/mol. The molecule has 10 nitrogen and oxygen atoms in total. The van der Waals surface area contributed by atoms with Crippen LogP contribution in [0.5, 0.6) is 0 Å². The molecule has 1 fully saturated rings. The molecule has 1 aliphatic rings. The van der Waals surface area contributed by atoms with E-state index >= 15 is 0 Å². The summed E-state index contributed by atoms with van der Waals surface area (Å²) in [6, 6.07) is 10.5. The van der Waals surface area contributed by atoms with Gasteiger partial charge in [0.25, 0.3) is 0 Å². The Morgan fingerprint density at radius 2 is 1.77 bits per heavy atom. The molecule has 0 spiro atoms. The molecule has 1 aromatic heterocycles. The van der Waals surface area contributed by atoms with Crippen molar-refractivity contribution in [3.63, 3.8) is 0 Å². The fraction of sp³-hybridized carbons (Fsp3) is 0.360. The second kappa shape index (κ2) is 10.0. The highest BCUT2D eigenvalue weighted by atomic mass is 16.4. The van der Waals surface area contributed by atoms with Crippen LogP contribution in [0.3, 0.4) is 0 Å². The van der Waals surface area contributed by atoms with E-state index in [2.05, 4.69) is 5.32 Å². The number of imide groups is 1. The Kier molecular flexibility index (Phi) is 6.90. The number of aromatic nitrogens is 1. The number of nitrogens with one attached hydrogen (secondary N) is 1. The van der Waals surface area contributed by atoms with E-state index in [0.29, 0.717) is 23.9 Å². The third-order valence-electron chi connectivity index (χ3n) is 6.52. The molecule has 1 saturated carbocycles. The van der Waals surface area contributed by atoms with Gasteiger partial charge in [-0.2, -0.15) is 0 Å². The minimum Gasteiger partial charge on any atom is -0.465 e. The highest BCUT2D eigenvalue weighted by Crippen LogP contribution is 2.25. The number of amides is 4. The van der Waals surface area contributed by atoms with Crippen LogP contribution in [-0.4, -0.2) is 44.7 Å². The number of hydrogen-bond acceptors (Lipinski definition) is 5. The Balaban J connectivity index is 1.48. The summed E-state index contributed by atoms with van der Waals surface area (Å²) in [6.45, 7) is 0. The fourth-order valence-electron chi connectivity index (χ4n) is 4.56. The molecular weight excluding hydrogens is 452 g/mol.